The summed E-state index contributed by atoms with van der Waals surface area (Å²) in [6.45, 7) is 0.922. The summed E-state index contributed by atoms with van der Waals surface area (Å²) < 4.78 is 45.5. The molecule has 3 saturated heterocycles. The fourth-order valence-corrected chi connectivity index (χ4v) is 6.60. The van der Waals surface area contributed by atoms with Crippen molar-refractivity contribution in [1.29, 1.82) is 0 Å². The number of phenols is 3. The van der Waals surface area contributed by atoms with E-state index in [1.807, 2.05) is 0 Å². The Labute approximate surface area is 315 Å². The van der Waals surface area contributed by atoms with Crippen molar-refractivity contribution in [3.05, 3.63) is 46.6 Å². The fourth-order valence-electron chi connectivity index (χ4n) is 6.60. The van der Waals surface area contributed by atoms with E-state index in [9.17, 15) is 65.8 Å². The minimum atomic E-state index is -2.07. The van der Waals surface area contributed by atoms with Gasteiger partial charge in [0.15, 0.2) is 30.5 Å². The highest BCUT2D eigenvalue weighted by atomic mass is 16.8. The predicted octanol–water partition coefficient (Wildman–Crippen LogP) is -3.00. The first-order valence-corrected chi connectivity index (χ1v) is 17.3. The largest absolute Gasteiger partial charge is 0.508 e. The van der Waals surface area contributed by atoms with Gasteiger partial charge in [0.1, 0.15) is 83.2 Å². The predicted molar refractivity (Wildman–Crippen MR) is 181 cm³/mol. The third-order valence-corrected chi connectivity index (χ3v) is 9.57. The fraction of sp³-hybridized carbons (Fsp3) is 0.543. The van der Waals surface area contributed by atoms with Crippen LogP contribution < -0.4 is 10.2 Å². The summed E-state index contributed by atoms with van der Waals surface area (Å²) in [6.07, 6.45) is -26.1. The lowest BCUT2D eigenvalue weighted by atomic mass is 9.97. The molecule has 3 aromatic rings. The van der Waals surface area contributed by atoms with E-state index in [1.165, 1.54) is 31.2 Å². The first-order valence-electron chi connectivity index (χ1n) is 17.3. The molecule has 0 aliphatic carbocycles. The van der Waals surface area contributed by atoms with Crippen molar-refractivity contribution in [3.8, 4) is 34.3 Å². The average molecular weight is 799 g/mol. The standard InChI is InChI=1S/C35H42O21/c1-11-29(51-12(2)37)26(46)28(48)34(50-11)56-32-25(45)22(42)19(10-49-33-27(47)24(44)21(41)18(9-36)53-33)54-35(32)55-31-23(43)20-16(40)7-15(39)8-17(20)52-30(31)13-3-5-14(38)6-4-13/h3-8,11,18-19,21-22,24-29,32-36,38-42,44-48H,9-10H2,1-2H3/t11-,18+,19+,21+,22+,24-,25-,26+,27+,28-,29-,32-,33+,34-,35-/m0/s1. The highest BCUT2D eigenvalue weighted by molar-refractivity contribution is 5.88. The molecule has 0 bridgehead atoms. The zero-order chi connectivity index (χ0) is 40.7. The van der Waals surface area contributed by atoms with Crippen LogP contribution >= 0.6 is 0 Å². The third-order valence-electron chi connectivity index (χ3n) is 9.57. The third kappa shape index (κ3) is 8.13. The van der Waals surface area contributed by atoms with Crippen LogP contribution in [0, 0.1) is 0 Å². The Balaban J connectivity index is 1.38. The van der Waals surface area contributed by atoms with Crippen molar-refractivity contribution in [3.63, 3.8) is 0 Å². The molecular formula is C35H42O21. The molecule has 3 aliphatic rings. The molecule has 21 nitrogen and oxygen atoms in total. The molecule has 0 amide bonds. The van der Waals surface area contributed by atoms with Crippen molar-refractivity contribution in [1.82, 2.24) is 0 Å². The van der Waals surface area contributed by atoms with Gasteiger partial charge < -0.3 is 93.7 Å². The average Bonchev–Trinajstić information content (AvgIpc) is 3.15. The molecule has 3 fully saturated rings. The van der Waals surface area contributed by atoms with Crippen molar-refractivity contribution >= 4 is 16.9 Å². The molecule has 0 radical (unpaired) electrons. The first kappa shape index (κ1) is 41.4. The molecule has 6 rings (SSSR count). The summed E-state index contributed by atoms with van der Waals surface area (Å²) in [5, 5.41) is 115. The maximum Gasteiger partial charge on any atom is 0.303 e. The van der Waals surface area contributed by atoms with Gasteiger partial charge in [-0.2, -0.15) is 0 Å². The quantitative estimate of drug-likeness (QED) is 0.0911. The highest BCUT2D eigenvalue weighted by Crippen LogP contribution is 2.39. The number of hydrogen-bond acceptors (Lipinski definition) is 21. The van der Waals surface area contributed by atoms with Gasteiger partial charge in [-0.3, -0.25) is 9.59 Å². The van der Waals surface area contributed by atoms with Crippen LogP contribution in [-0.4, -0.2) is 167 Å². The van der Waals surface area contributed by atoms with E-state index in [0.717, 1.165) is 19.1 Å². The summed E-state index contributed by atoms with van der Waals surface area (Å²) in [5.74, 6) is -3.21. The van der Waals surface area contributed by atoms with Gasteiger partial charge in [0.2, 0.25) is 17.5 Å². The van der Waals surface area contributed by atoms with Gasteiger partial charge in [-0.15, -0.1) is 0 Å². The van der Waals surface area contributed by atoms with Gasteiger partial charge in [0, 0.05) is 24.6 Å². The molecule has 56 heavy (non-hydrogen) atoms. The van der Waals surface area contributed by atoms with Crippen LogP contribution in [-0.2, 0) is 33.2 Å². The number of fused-ring (bicyclic) bond motifs is 1. The number of carbonyl (C=O) groups is 1. The first-order chi connectivity index (χ1) is 26.5. The monoisotopic (exact) mass is 798 g/mol. The summed E-state index contributed by atoms with van der Waals surface area (Å²) in [7, 11) is 0. The number of aliphatic hydroxyl groups is 8. The lowest BCUT2D eigenvalue weighted by molar-refractivity contribution is -0.360. The maximum atomic E-state index is 14.1. The Morgan fingerprint density at radius 1 is 0.732 bits per heavy atom. The number of esters is 1. The van der Waals surface area contributed by atoms with Crippen LogP contribution in [0.25, 0.3) is 22.3 Å². The van der Waals surface area contributed by atoms with Crippen molar-refractivity contribution in [2.24, 2.45) is 0 Å². The van der Waals surface area contributed by atoms with E-state index in [4.69, 9.17) is 37.6 Å². The zero-order valence-electron chi connectivity index (χ0n) is 29.5. The molecule has 0 spiro atoms. The van der Waals surface area contributed by atoms with Crippen LogP contribution in [0.4, 0.5) is 0 Å². The highest BCUT2D eigenvalue weighted by Gasteiger charge is 2.53. The number of hydrogen-bond donors (Lipinski definition) is 11. The van der Waals surface area contributed by atoms with Crippen LogP contribution in [0.5, 0.6) is 23.0 Å². The Morgan fingerprint density at radius 3 is 2.02 bits per heavy atom. The molecular weight excluding hydrogens is 756 g/mol. The Hall–Kier alpha value is -4.20. The Kier molecular flexibility index (Phi) is 12.4. The van der Waals surface area contributed by atoms with Gasteiger partial charge in [-0.1, -0.05) is 0 Å². The molecule has 2 aromatic carbocycles. The summed E-state index contributed by atoms with van der Waals surface area (Å²) in [5.41, 5.74) is -1.24. The lowest BCUT2D eigenvalue weighted by Crippen LogP contribution is -2.65. The van der Waals surface area contributed by atoms with E-state index in [1.54, 1.807) is 0 Å². The summed E-state index contributed by atoms with van der Waals surface area (Å²) in [6, 6.07) is 7.05. The van der Waals surface area contributed by atoms with Crippen LogP contribution in [0.15, 0.2) is 45.6 Å². The summed E-state index contributed by atoms with van der Waals surface area (Å²) >= 11 is 0. The van der Waals surface area contributed by atoms with Crippen LogP contribution in [0.1, 0.15) is 13.8 Å². The van der Waals surface area contributed by atoms with E-state index in [-0.39, 0.29) is 22.7 Å². The topological polar surface area (TPSA) is 334 Å². The lowest BCUT2D eigenvalue weighted by Gasteiger charge is -2.46. The normalized spacial score (nSPS) is 36.3. The van der Waals surface area contributed by atoms with E-state index < -0.39 is 139 Å². The second kappa shape index (κ2) is 16.7. The second-order valence-corrected chi connectivity index (χ2v) is 13.5. The minimum absolute atomic E-state index is 0.107. The van der Waals surface area contributed by atoms with E-state index >= 15 is 0 Å². The van der Waals surface area contributed by atoms with Crippen molar-refractivity contribution < 1.29 is 98.5 Å². The molecule has 21 heteroatoms. The number of carbonyl (C=O) groups excluding carboxylic acids is 1. The van der Waals surface area contributed by atoms with Crippen LogP contribution in [0.2, 0.25) is 0 Å². The van der Waals surface area contributed by atoms with Crippen LogP contribution in [0.3, 0.4) is 0 Å². The van der Waals surface area contributed by atoms with Gasteiger partial charge in [-0.25, -0.2) is 0 Å². The van der Waals surface area contributed by atoms with Gasteiger partial charge in [0.25, 0.3) is 0 Å². The van der Waals surface area contributed by atoms with E-state index in [0.29, 0.717) is 0 Å². The summed E-state index contributed by atoms with van der Waals surface area (Å²) in [4.78, 5) is 25.7. The molecule has 3 aliphatic heterocycles. The van der Waals surface area contributed by atoms with Gasteiger partial charge >= 0.3 is 5.97 Å². The molecule has 308 valence electrons. The maximum absolute atomic E-state index is 14.1. The zero-order valence-corrected chi connectivity index (χ0v) is 29.5. The van der Waals surface area contributed by atoms with Gasteiger partial charge in [0.05, 0.1) is 19.3 Å². The molecule has 0 saturated carbocycles. The number of aromatic hydroxyl groups is 3. The molecule has 4 heterocycles. The molecule has 1 aromatic heterocycles. The number of ether oxygens (including phenoxy) is 7. The molecule has 0 unspecified atom stereocenters. The van der Waals surface area contributed by atoms with Crippen molar-refractivity contribution in [2.75, 3.05) is 13.2 Å². The number of benzene rings is 2. The van der Waals surface area contributed by atoms with E-state index in [2.05, 4.69) is 0 Å². The van der Waals surface area contributed by atoms with Gasteiger partial charge in [-0.05, 0) is 31.2 Å². The second-order valence-electron chi connectivity index (χ2n) is 13.5. The number of aliphatic hydroxyl groups excluding tert-OH is 8. The number of rotatable bonds is 10. The minimum Gasteiger partial charge on any atom is -0.508 e. The number of phenolic OH excluding ortho intramolecular Hbond substituents is 3. The molecule has 15 atom stereocenters. The Morgan fingerprint density at radius 2 is 1.36 bits per heavy atom. The smallest absolute Gasteiger partial charge is 0.303 e. The SMILES string of the molecule is CC(=O)O[C@@H]1[C@H](O)[C@H](O)[C@H](O[C@@H]2[C@H](Oc3c(-c4ccc(O)cc4)oc4cc(O)cc(O)c4c3=O)O[C@H](CO[C@@H]3O[C@H](CO)[C@@H](O)[C@H](O)[C@H]3O)[C@@H](O)[C@@H]2O)O[C@H]1C. The Bertz CT molecular complexity index is 1900. The van der Waals surface area contributed by atoms with Crippen molar-refractivity contribution in [2.45, 2.75) is 106 Å². The molecule has 11 N–H and O–H groups in total.